The van der Waals surface area contributed by atoms with E-state index in [0.717, 1.165) is 30.2 Å². The minimum atomic E-state index is -0.0387. The van der Waals surface area contributed by atoms with Gasteiger partial charge in [0.2, 0.25) is 5.91 Å². The van der Waals surface area contributed by atoms with E-state index in [1.807, 2.05) is 18.9 Å². The number of amides is 1. The molecule has 0 fully saturated rings. The molecule has 18 heavy (non-hydrogen) atoms. The molecule has 1 heterocycles. The van der Waals surface area contributed by atoms with Gasteiger partial charge in [-0.2, -0.15) is 0 Å². The largest absolute Gasteiger partial charge is 0.370 e. The van der Waals surface area contributed by atoms with E-state index in [4.69, 9.17) is 0 Å². The third kappa shape index (κ3) is 3.32. The molecule has 0 saturated carbocycles. The van der Waals surface area contributed by atoms with Crippen LogP contribution >= 0.6 is 0 Å². The summed E-state index contributed by atoms with van der Waals surface area (Å²) in [5.41, 5.74) is 1.03. The molecule has 0 aliphatic carbocycles. The minimum Gasteiger partial charge on any atom is -0.370 e. The Balaban J connectivity index is 2.99. The molecule has 1 amide bonds. The van der Waals surface area contributed by atoms with Gasteiger partial charge in [-0.15, -0.1) is 0 Å². The molecule has 6 heteroatoms. The zero-order valence-corrected chi connectivity index (χ0v) is 11.4. The standard InChI is InChI=1S/C12H21N5O/c1-5-9-11(14-6-2)15-8-16-12(9)17(4)7-10(18)13-3/h8H,5-7H2,1-4H3,(H,13,18)(H,14,15,16). The second kappa shape index (κ2) is 6.78. The maximum atomic E-state index is 11.4. The number of nitrogens with zero attached hydrogens (tertiary/aromatic N) is 3. The number of hydrogen-bond acceptors (Lipinski definition) is 5. The molecule has 0 unspecified atom stereocenters. The van der Waals surface area contributed by atoms with E-state index in [2.05, 4.69) is 27.5 Å². The Morgan fingerprint density at radius 3 is 2.67 bits per heavy atom. The van der Waals surface area contributed by atoms with E-state index in [-0.39, 0.29) is 12.5 Å². The summed E-state index contributed by atoms with van der Waals surface area (Å²) >= 11 is 0. The molecular weight excluding hydrogens is 230 g/mol. The maximum absolute atomic E-state index is 11.4. The van der Waals surface area contributed by atoms with E-state index < -0.39 is 0 Å². The quantitative estimate of drug-likeness (QED) is 0.777. The lowest BCUT2D eigenvalue weighted by atomic mass is 10.2. The SMILES string of the molecule is CCNc1ncnc(N(C)CC(=O)NC)c1CC. The third-order valence-corrected chi connectivity index (χ3v) is 2.64. The summed E-state index contributed by atoms with van der Waals surface area (Å²) in [6, 6.07) is 0. The molecule has 0 spiro atoms. The molecule has 1 aromatic heterocycles. The average Bonchev–Trinajstić information content (AvgIpc) is 2.38. The number of carbonyl (C=O) groups excluding carboxylic acids is 1. The molecule has 100 valence electrons. The van der Waals surface area contributed by atoms with Crippen molar-refractivity contribution in [2.24, 2.45) is 0 Å². The summed E-state index contributed by atoms with van der Waals surface area (Å²) in [5, 5.41) is 5.81. The lowest BCUT2D eigenvalue weighted by molar-refractivity contribution is -0.119. The van der Waals surface area contributed by atoms with Gasteiger partial charge in [-0.3, -0.25) is 4.79 Å². The highest BCUT2D eigenvalue weighted by atomic mass is 16.1. The number of nitrogens with one attached hydrogen (secondary N) is 2. The van der Waals surface area contributed by atoms with Gasteiger partial charge >= 0.3 is 0 Å². The number of aromatic nitrogens is 2. The van der Waals surface area contributed by atoms with Crippen molar-refractivity contribution < 1.29 is 4.79 Å². The van der Waals surface area contributed by atoms with Crippen molar-refractivity contribution in [2.45, 2.75) is 20.3 Å². The summed E-state index contributed by atoms with van der Waals surface area (Å²) in [4.78, 5) is 21.7. The second-order valence-corrected chi connectivity index (χ2v) is 3.94. The molecule has 0 aromatic carbocycles. The lowest BCUT2D eigenvalue weighted by Crippen LogP contribution is -2.34. The molecule has 0 saturated heterocycles. The monoisotopic (exact) mass is 251 g/mol. The molecule has 6 nitrogen and oxygen atoms in total. The maximum Gasteiger partial charge on any atom is 0.239 e. The summed E-state index contributed by atoms with van der Waals surface area (Å²) in [6.07, 6.45) is 2.34. The normalized spacial score (nSPS) is 10.0. The van der Waals surface area contributed by atoms with E-state index in [1.54, 1.807) is 7.05 Å². The number of carbonyl (C=O) groups is 1. The number of hydrogen-bond donors (Lipinski definition) is 2. The first-order chi connectivity index (χ1) is 8.63. The highest BCUT2D eigenvalue weighted by Gasteiger charge is 2.14. The van der Waals surface area contributed by atoms with Crippen LogP contribution in [0.25, 0.3) is 0 Å². The van der Waals surface area contributed by atoms with E-state index in [0.29, 0.717) is 0 Å². The van der Waals surface area contributed by atoms with Gasteiger partial charge in [0.15, 0.2) is 0 Å². The lowest BCUT2D eigenvalue weighted by Gasteiger charge is -2.21. The fourth-order valence-corrected chi connectivity index (χ4v) is 1.75. The Labute approximate surface area is 108 Å². The van der Waals surface area contributed by atoms with Crippen molar-refractivity contribution in [3.05, 3.63) is 11.9 Å². The van der Waals surface area contributed by atoms with E-state index in [9.17, 15) is 4.79 Å². The van der Waals surface area contributed by atoms with Gasteiger partial charge in [-0.1, -0.05) is 6.92 Å². The molecule has 2 N–H and O–H groups in total. The molecular formula is C12H21N5O. The van der Waals surface area contributed by atoms with Crippen LogP contribution in [0.1, 0.15) is 19.4 Å². The molecule has 1 aromatic rings. The average molecular weight is 251 g/mol. The first kappa shape index (κ1) is 14.2. The first-order valence-corrected chi connectivity index (χ1v) is 6.13. The zero-order chi connectivity index (χ0) is 13.5. The van der Waals surface area contributed by atoms with Crippen LogP contribution in [0.4, 0.5) is 11.6 Å². The van der Waals surface area contributed by atoms with Crippen molar-refractivity contribution >= 4 is 17.5 Å². The summed E-state index contributed by atoms with van der Waals surface area (Å²) < 4.78 is 0. The van der Waals surface area contributed by atoms with Crippen LogP contribution in [-0.4, -0.2) is 43.1 Å². The van der Waals surface area contributed by atoms with Crippen LogP contribution in [-0.2, 0) is 11.2 Å². The van der Waals surface area contributed by atoms with Crippen molar-refractivity contribution in [3.8, 4) is 0 Å². The van der Waals surface area contributed by atoms with Crippen LogP contribution in [0.2, 0.25) is 0 Å². The number of anilines is 2. The summed E-state index contributed by atoms with van der Waals surface area (Å²) in [7, 11) is 3.48. The molecule has 0 aliphatic rings. The Morgan fingerprint density at radius 1 is 1.39 bits per heavy atom. The van der Waals surface area contributed by atoms with Crippen LogP contribution in [0.3, 0.4) is 0 Å². The van der Waals surface area contributed by atoms with Gasteiger partial charge in [0.25, 0.3) is 0 Å². The van der Waals surface area contributed by atoms with Crippen LogP contribution < -0.4 is 15.5 Å². The molecule has 0 radical (unpaired) electrons. The summed E-state index contributed by atoms with van der Waals surface area (Å²) in [6.45, 7) is 5.17. The fourth-order valence-electron chi connectivity index (χ4n) is 1.75. The Kier molecular flexibility index (Phi) is 5.35. The summed E-state index contributed by atoms with van der Waals surface area (Å²) in [5.74, 6) is 1.60. The number of rotatable bonds is 6. The predicted molar refractivity (Wildman–Crippen MR) is 72.9 cm³/mol. The third-order valence-electron chi connectivity index (χ3n) is 2.64. The van der Waals surface area contributed by atoms with Gasteiger partial charge in [0.05, 0.1) is 6.54 Å². The van der Waals surface area contributed by atoms with Gasteiger partial charge < -0.3 is 15.5 Å². The Bertz CT molecular complexity index is 407. The highest BCUT2D eigenvalue weighted by Crippen LogP contribution is 2.22. The van der Waals surface area contributed by atoms with Gasteiger partial charge in [0, 0.05) is 26.2 Å². The second-order valence-electron chi connectivity index (χ2n) is 3.94. The van der Waals surface area contributed by atoms with Crippen LogP contribution in [0.15, 0.2) is 6.33 Å². The van der Waals surface area contributed by atoms with Crippen molar-refractivity contribution in [3.63, 3.8) is 0 Å². The van der Waals surface area contributed by atoms with Gasteiger partial charge in [-0.25, -0.2) is 9.97 Å². The van der Waals surface area contributed by atoms with Crippen LogP contribution in [0.5, 0.6) is 0 Å². The first-order valence-electron chi connectivity index (χ1n) is 6.13. The van der Waals surface area contributed by atoms with Crippen LogP contribution in [0, 0.1) is 0 Å². The van der Waals surface area contributed by atoms with E-state index >= 15 is 0 Å². The minimum absolute atomic E-state index is 0.0387. The zero-order valence-electron chi connectivity index (χ0n) is 11.4. The topological polar surface area (TPSA) is 70.2 Å². The Hall–Kier alpha value is -1.85. The Morgan fingerprint density at radius 2 is 2.11 bits per heavy atom. The molecule has 0 bridgehead atoms. The van der Waals surface area contributed by atoms with E-state index in [1.165, 1.54) is 6.33 Å². The molecule has 1 rings (SSSR count). The van der Waals surface area contributed by atoms with Crippen molar-refractivity contribution in [1.29, 1.82) is 0 Å². The highest BCUT2D eigenvalue weighted by molar-refractivity contribution is 5.81. The molecule has 0 aliphatic heterocycles. The van der Waals surface area contributed by atoms with Crippen molar-refractivity contribution in [2.75, 3.05) is 37.4 Å². The number of likely N-dealkylation sites (N-methyl/N-ethyl adjacent to an activating group) is 2. The van der Waals surface area contributed by atoms with Gasteiger partial charge in [-0.05, 0) is 13.3 Å². The van der Waals surface area contributed by atoms with Gasteiger partial charge in [0.1, 0.15) is 18.0 Å². The smallest absolute Gasteiger partial charge is 0.239 e. The van der Waals surface area contributed by atoms with Crippen molar-refractivity contribution in [1.82, 2.24) is 15.3 Å². The molecule has 0 atom stereocenters. The predicted octanol–water partition coefficient (Wildman–Crippen LogP) is 0.653. The fraction of sp³-hybridized carbons (Fsp3) is 0.583.